The summed E-state index contributed by atoms with van der Waals surface area (Å²) in [5.41, 5.74) is 0. The molecule has 1 aliphatic rings. The number of likely N-dealkylation sites (tertiary alicyclic amines) is 1. The molecule has 0 radical (unpaired) electrons. The molecule has 6 nitrogen and oxygen atoms in total. The molecule has 1 unspecified atom stereocenters. The van der Waals surface area contributed by atoms with Gasteiger partial charge in [0.05, 0.1) is 19.0 Å². The summed E-state index contributed by atoms with van der Waals surface area (Å²) in [7, 11) is 1.45. The Balaban J connectivity index is 2.25. The van der Waals surface area contributed by atoms with E-state index in [1.165, 1.54) is 7.05 Å². The van der Waals surface area contributed by atoms with Gasteiger partial charge in [-0.3, -0.25) is 24.6 Å². The van der Waals surface area contributed by atoms with Gasteiger partial charge in [-0.2, -0.15) is 0 Å². The standard InChI is InChI=1S/C11H19N3O3/c1-3-4-5-12-9(15)7-13-8-6-10(16)14(2)11(8)17/h8,13H,3-7H2,1-2H3,(H,12,15). The van der Waals surface area contributed by atoms with E-state index in [1.807, 2.05) is 6.92 Å². The van der Waals surface area contributed by atoms with Crippen LogP contribution in [0.1, 0.15) is 26.2 Å². The molecule has 1 atom stereocenters. The molecule has 0 spiro atoms. The highest BCUT2D eigenvalue weighted by Gasteiger charge is 2.35. The highest BCUT2D eigenvalue weighted by Crippen LogP contribution is 2.09. The minimum absolute atomic E-state index is 0.0707. The van der Waals surface area contributed by atoms with E-state index >= 15 is 0 Å². The lowest BCUT2D eigenvalue weighted by Gasteiger charge is -2.10. The molecule has 3 amide bonds. The average molecular weight is 241 g/mol. The summed E-state index contributed by atoms with van der Waals surface area (Å²) < 4.78 is 0. The second-order valence-corrected chi connectivity index (χ2v) is 4.13. The van der Waals surface area contributed by atoms with Crippen LogP contribution in [0.2, 0.25) is 0 Å². The Kier molecular flexibility index (Phi) is 5.09. The van der Waals surface area contributed by atoms with Crippen molar-refractivity contribution in [3.63, 3.8) is 0 Å². The molecule has 1 heterocycles. The zero-order valence-corrected chi connectivity index (χ0v) is 10.3. The van der Waals surface area contributed by atoms with Crippen LogP contribution in [0, 0.1) is 0 Å². The molecule has 96 valence electrons. The van der Waals surface area contributed by atoms with Gasteiger partial charge in [0, 0.05) is 13.6 Å². The van der Waals surface area contributed by atoms with Crippen molar-refractivity contribution in [3.05, 3.63) is 0 Å². The van der Waals surface area contributed by atoms with E-state index in [9.17, 15) is 14.4 Å². The monoisotopic (exact) mass is 241 g/mol. The lowest BCUT2D eigenvalue weighted by Crippen LogP contribution is -2.43. The number of carbonyl (C=O) groups excluding carboxylic acids is 3. The van der Waals surface area contributed by atoms with E-state index in [0.29, 0.717) is 6.54 Å². The SMILES string of the molecule is CCCCNC(=O)CNC1CC(=O)N(C)C1=O. The van der Waals surface area contributed by atoms with E-state index in [1.54, 1.807) is 0 Å². The van der Waals surface area contributed by atoms with Crippen molar-refractivity contribution >= 4 is 17.7 Å². The molecule has 1 rings (SSSR count). The number of nitrogens with one attached hydrogen (secondary N) is 2. The quantitative estimate of drug-likeness (QED) is 0.474. The first kappa shape index (κ1) is 13.6. The van der Waals surface area contributed by atoms with E-state index in [0.717, 1.165) is 17.7 Å². The first-order chi connectivity index (χ1) is 8.06. The fourth-order valence-electron chi connectivity index (χ4n) is 1.60. The molecular formula is C11H19N3O3. The van der Waals surface area contributed by atoms with Gasteiger partial charge in [-0.25, -0.2) is 0 Å². The van der Waals surface area contributed by atoms with E-state index in [2.05, 4.69) is 10.6 Å². The van der Waals surface area contributed by atoms with Crippen LogP contribution in [0.25, 0.3) is 0 Å². The Morgan fingerprint density at radius 3 is 2.71 bits per heavy atom. The number of rotatable bonds is 6. The summed E-state index contributed by atoms with van der Waals surface area (Å²) in [5.74, 6) is -0.622. The number of carbonyl (C=O) groups is 3. The third kappa shape index (κ3) is 3.81. The molecule has 0 aromatic heterocycles. The Morgan fingerprint density at radius 1 is 1.47 bits per heavy atom. The summed E-state index contributed by atoms with van der Waals surface area (Å²) >= 11 is 0. The van der Waals surface area contributed by atoms with Gasteiger partial charge < -0.3 is 5.32 Å². The summed E-state index contributed by atoms with van der Waals surface area (Å²) in [4.78, 5) is 35.2. The van der Waals surface area contributed by atoms with Gasteiger partial charge in [0.25, 0.3) is 0 Å². The lowest BCUT2D eigenvalue weighted by molar-refractivity contribution is -0.137. The van der Waals surface area contributed by atoms with Gasteiger partial charge >= 0.3 is 0 Å². The zero-order valence-electron chi connectivity index (χ0n) is 10.3. The van der Waals surface area contributed by atoms with Crippen LogP contribution in [0.3, 0.4) is 0 Å². The molecule has 0 aromatic rings. The molecule has 17 heavy (non-hydrogen) atoms. The Bertz CT molecular complexity index is 317. The Hall–Kier alpha value is -1.43. The normalized spacial score (nSPS) is 19.9. The first-order valence-corrected chi connectivity index (χ1v) is 5.86. The number of hydrogen-bond donors (Lipinski definition) is 2. The van der Waals surface area contributed by atoms with Gasteiger partial charge in [-0.05, 0) is 6.42 Å². The van der Waals surface area contributed by atoms with Crippen molar-refractivity contribution in [3.8, 4) is 0 Å². The summed E-state index contributed by atoms with van der Waals surface area (Å²) in [6, 6.07) is -0.551. The molecule has 6 heteroatoms. The fraction of sp³-hybridized carbons (Fsp3) is 0.727. The molecule has 0 bridgehead atoms. The van der Waals surface area contributed by atoms with Crippen LogP contribution in [-0.2, 0) is 14.4 Å². The van der Waals surface area contributed by atoms with E-state index in [4.69, 9.17) is 0 Å². The van der Waals surface area contributed by atoms with Crippen LogP contribution < -0.4 is 10.6 Å². The molecule has 1 aliphatic heterocycles. The van der Waals surface area contributed by atoms with Gasteiger partial charge in [0.1, 0.15) is 0 Å². The highest BCUT2D eigenvalue weighted by atomic mass is 16.2. The number of hydrogen-bond acceptors (Lipinski definition) is 4. The van der Waals surface area contributed by atoms with Gasteiger partial charge in [-0.15, -0.1) is 0 Å². The molecule has 1 saturated heterocycles. The van der Waals surface area contributed by atoms with Crippen LogP contribution >= 0.6 is 0 Å². The van der Waals surface area contributed by atoms with Crippen molar-refractivity contribution in [2.24, 2.45) is 0 Å². The largest absolute Gasteiger partial charge is 0.355 e. The second kappa shape index (κ2) is 6.34. The summed E-state index contributed by atoms with van der Waals surface area (Å²) in [5, 5.41) is 5.53. The number of amides is 3. The predicted octanol–water partition coefficient (Wildman–Crippen LogP) is -0.750. The van der Waals surface area contributed by atoms with E-state index in [-0.39, 0.29) is 30.7 Å². The number of imide groups is 1. The molecule has 2 N–H and O–H groups in total. The van der Waals surface area contributed by atoms with Crippen molar-refractivity contribution in [2.45, 2.75) is 32.2 Å². The first-order valence-electron chi connectivity index (χ1n) is 5.86. The van der Waals surface area contributed by atoms with Gasteiger partial charge in [-0.1, -0.05) is 13.3 Å². The molecule has 0 aliphatic carbocycles. The summed E-state index contributed by atoms with van der Waals surface area (Å²) in [6.45, 7) is 2.76. The number of likely N-dealkylation sites (N-methyl/N-ethyl adjacent to an activating group) is 1. The van der Waals surface area contributed by atoms with Crippen molar-refractivity contribution in [2.75, 3.05) is 20.1 Å². The van der Waals surface area contributed by atoms with E-state index < -0.39 is 6.04 Å². The van der Waals surface area contributed by atoms with Crippen molar-refractivity contribution in [1.29, 1.82) is 0 Å². The average Bonchev–Trinajstić information content (AvgIpc) is 2.54. The van der Waals surface area contributed by atoms with Crippen LogP contribution in [0.5, 0.6) is 0 Å². The van der Waals surface area contributed by atoms with Crippen molar-refractivity contribution < 1.29 is 14.4 Å². The molecular weight excluding hydrogens is 222 g/mol. The highest BCUT2D eigenvalue weighted by molar-refractivity contribution is 6.05. The van der Waals surface area contributed by atoms with Crippen LogP contribution in [0.4, 0.5) is 0 Å². The van der Waals surface area contributed by atoms with Crippen LogP contribution in [-0.4, -0.2) is 48.8 Å². The lowest BCUT2D eigenvalue weighted by atomic mass is 10.2. The number of nitrogens with zero attached hydrogens (tertiary/aromatic N) is 1. The maximum Gasteiger partial charge on any atom is 0.246 e. The topological polar surface area (TPSA) is 78.5 Å². The second-order valence-electron chi connectivity index (χ2n) is 4.13. The molecule has 1 fully saturated rings. The molecule has 0 aromatic carbocycles. The third-order valence-corrected chi connectivity index (χ3v) is 2.74. The number of unbranched alkanes of at least 4 members (excludes halogenated alkanes) is 1. The van der Waals surface area contributed by atoms with Gasteiger partial charge in [0.2, 0.25) is 17.7 Å². The van der Waals surface area contributed by atoms with Crippen molar-refractivity contribution in [1.82, 2.24) is 15.5 Å². The summed E-state index contributed by atoms with van der Waals surface area (Å²) in [6.07, 6.45) is 2.10. The minimum Gasteiger partial charge on any atom is -0.355 e. The Labute approximate surface area is 101 Å². The third-order valence-electron chi connectivity index (χ3n) is 2.74. The minimum atomic E-state index is -0.551. The maximum absolute atomic E-state index is 11.5. The molecule has 0 saturated carbocycles. The Morgan fingerprint density at radius 2 is 2.18 bits per heavy atom. The predicted molar refractivity (Wildman–Crippen MR) is 62.1 cm³/mol. The zero-order chi connectivity index (χ0) is 12.8. The smallest absolute Gasteiger partial charge is 0.246 e. The van der Waals surface area contributed by atoms with Gasteiger partial charge in [0.15, 0.2) is 0 Å². The maximum atomic E-state index is 11.5. The van der Waals surface area contributed by atoms with Crippen LogP contribution in [0.15, 0.2) is 0 Å². The fourth-order valence-corrected chi connectivity index (χ4v) is 1.60.